The quantitative estimate of drug-likeness (QED) is 0.261. The summed E-state index contributed by atoms with van der Waals surface area (Å²) in [6, 6.07) is 3.53. The molecule has 2 amide bonds. The van der Waals surface area contributed by atoms with E-state index in [1.165, 1.54) is 30.9 Å². The molecule has 194 valence electrons. The Kier molecular flexibility index (Phi) is 8.16. The number of nitrogen functional groups attached to an aromatic ring is 1. The molecule has 0 spiro atoms. The summed E-state index contributed by atoms with van der Waals surface area (Å²) in [7, 11) is 1.92. The highest BCUT2D eigenvalue weighted by molar-refractivity contribution is 6.31. The molecule has 12 nitrogen and oxygen atoms in total. The van der Waals surface area contributed by atoms with Gasteiger partial charge < -0.3 is 36.2 Å². The fourth-order valence-electron chi connectivity index (χ4n) is 4.01. The Morgan fingerprint density at radius 2 is 2.08 bits per heavy atom. The van der Waals surface area contributed by atoms with E-state index >= 15 is 0 Å². The molecule has 0 aliphatic carbocycles. The third kappa shape index (κ3) is 5.82. The predicted molar refractivity (Wildman–Crippen MR) is 131 cm³/mol. The Bertz CT molecular complexity index is 1210. The lowest BCUT2D eigenvalue weighted by Gasteiger charge is -2.20. The number of halogens is 2. The van der Waals surface area contributed by atoms with Gasteiger partial charge in [0.2, 0.25) is 0 Å². The van der Waals surface area contributed by atoms with Gasteiger partial charge in [0, 0.05) is 18.8 Å². The highest BCUT2D eigenvalue weighted by Crippen LogP contribution is 2.33. The maximum atomic E-state index is 13.2. The smallest absolute Gasteiger partial charge is 0.319 e. The number of hydrogen-bond acceptors (Lipinski definition) is 9. The van der Waals surface area contributed by atoms with E-state index in [4.69, 9.17) is 22.1 Å². The van der Waals surface area contributed by atoms with Crippen molar-refractivity contribution in [2.75, 3.05) is 37.7 Å². The molecule has 0 bridgehead atoms. The van der Waals surface area contributed by atoms with Crippen molar-refractivity contribution in [3.8, 4) is 0 Å². The van der Waals surface area contributed by atoms with Crippen LogP contribution in [0.5, 0.6) is 0 Å². The Labute approximate surface area is 211 Å². The van der Waals surface area contributed by atoms with Crippen molar-refractivity contribution in [1.29, 1.82) is 0 Å². The average Bonchev–Trinajstić information content (AvgIpc) is 3.40. The first-order chi connectivity index (χ1) is 17.2. The minimum Gasteiger partial charge on any atom is -0.388 e. The zero-order valence-electron chi connectivity index (χ0n) is 19.5. The van der Waals surface area contributed by atoms with Gasteiger partial charge in [0.05, 0.1) is 17.5 Å². The summed E-state index contributed by atoms with van der Waals surface area (Å²) in [5, 5.41) is 26.4. The van der Waals surface area contributed by atoms with Crippen LogP contribution in [0.1, 0.15) is 19.1 Å². The molecule has 36 heavy (non-hydrogen) atoms. The van der Waals surface area contributed by atoms with E-state index in [0.29, 0.717) is 49.3 Å². The van der Waals surface area contributed by atoms with Crippen molar-refractivity contribution in [2.45, 2.75) is 37.4 Å². The van der Waals surface area contributed by atoms with E-state index in [0.717, 1.165) is 0 Å². The van der Waals surface area contributed by atoms with Gasteiger partial charge in [-0.2, -0.15) is 0 Å². The van der Waals surface area contributed by atoms with Gasteiger partial charge in [0.15, 0.2) is 17.7 Å². The highest BCUT2D eigenvalue weighted by atomic mass is 35.5. The zero-order valence-corrected chi connectivity index (χ0v) is 20.3. The fraction of sp³-hybridized carbons (Fsp3) is 0.455. The molecule has 2 aromatic heterocycles. The van der Waals surface area contributed by atoms with E-state index < -0.39 is 36.4 Å². The van der Waals surface area contributed by atoms with Gasteiger partial charge in [0.1, 0.15) is 29.9 Å². The van der Waals surface area contributed by atoms with Gasteiger partial charge in [-0.15, -0.1) is 0 Å². The number of urea groups is 1. The van der Waals surface area contributed by atoms with Crippen LogP contribution in [-0.4, -0.2) is 85.7 Å². The molecule has 4 unspecified atom stereocenters. The molecule has 4 rings (SSSR count). The van der Waals surface area contributed by atoms with E-state index in [1.807, 2.05) is 11.9 Å². The maximum absolute atomic E-state index is 13.2. The van der Waals surface area contributed by atoms with Crippen LogP contribution in [0.25, 0.3) is 11.2 Å². The number of carbonyl (C=O) groups is 1. The Hall–Kier alpha value is -3.10. The molecule has 4 atom stereocenters. The zero-order chi connectivity index (χ0) is 25.8. The SMILES string of the molecule is CN(CCCNC(=O)Nc1ccc(F)c(Cl)c1)CCC1OC(n2cnc3c(N)ncnc32)C(O)C1O. The van der Waals surface area contributed by atoms with Gasteiger partial charge in [-0.1, -0.05) is 11.6 Å². The number of nitrogens with zero attached hydrogens (tertiary/aromatic N) is 5. The number of carbonyl (C=O) groups excluding carboxylic acids is 1. The summed E-state index contributed by atoms with van der Waals surface area (Å²) in [6.07, 6.45) is 0.237. The molecule has 0 saturated carbocycles. The number of anilines is 2. The third-order valence-electron chi connectivity index (χ3n) is 5.97. The van der Waals surface area contributed by atoms with Crippen molar-refractivity contribution in [3.05, 3.63) is 41.7 Å². The monoisotopic (exact) mass is 522 g/mol. The molecule has 6 N–H and O–H groups in total. The minimum absolute atomic E-state index is 0.0679. The predicted octanol–water partition coefficient (Wildman–Crippen LogP) is 1.35. The highest BCUT2D eigenvalue weighted by Gasteiger charge is 2.44. The van der Waals surface area contributed by atoms with Gasteiger partial charge in [-0.3, -0.25) is 4.57 Å². The van der Waals surface area contributed by atoms with Crippen LogP contribution in [-0.2, 0) is 4.74 Å². The van der Waals surface area contributed by atoms with Crippen LogP contribution in [0.2, 0.25) is 5.02 Å². The Balaban J connectivity index is 1.19. The van der Waals surface area contributed by atoms with E-state index in [2.05, 4.69) is 25.6 Å². The molecule has 1 saturated heterocycles. The number of hydrogen-bond donors (Lipinski definition) is 5. The topological polar surface area (TPSA) is 164 Å². The number of aromatic nitrogens is 4. The lowest BCUT2D eigenvalue weighted by Crippen LogP contribution is -2.34. The number of nitrogens with one attached hydrogen (secondary N) is 2. The second kappa shape index (κ2) is 11.3. The third-order valence-corrected chi connectivity index (χ3v) is 6.26. The molecule has 3 aromatic rings. The van der Waals surface area contributed by atoms with Gasteiger partial charge in [0.25, 0.3) is 0 Å². The van der Waals surface area contributed by atoms with Gasteiger partial charge >= 0.3 is 6.03 Å². The summed E-state index contributed by atoms with van der Waals surface area (Å²) in [5.41, 5.74) is 7.03. The summed E-state index contributed by atoms with van der Waals surface area (Å²) < 4.78 is 20.7. The Morgan fingerprint density at radius 3 is 2.86 bits per heavy atom. The van der Waals surface area contributed by atoms with Crippen molar-refractivity contribution in [2.24, 2.45) is 0 Å². The van der Waals surface area contributed by atoms with Crippen molar-refractivity contribution < 1.29 is 24.1 Å². The number of aliphatic hydroxyl groups excluding tert-OH is 2. The molecule has 1 aliphatic rings. The molecule has 14 heteroatoms. The normalized spacial score (nSPS) is 21.8. The van der Waals surface area contributed by atoms with Crippen LogP contribution in [0.3, 0.4) is 0 Å². The van der Waals surface area contributed by atoms with Crippen molar-refractivity contribution in [1.82, 2.24) is 29.7 Å². The standard InChI is InChI=1S/C22H28ClFN8O4/c1-31(7-2-6-26-22(35)30-12-3-4-14(24)13(23)9-12)8-5-15-17(33)18(34)21(36-15)32-11-29-16-19(25)27-10-28-20(16)32/h3-4,9-11,15,17-18,21,33-34H,2,5-8H2,1H3,(H2,25,27,28)(H2,26,30,35). The van der Waals surface area contributed by atoms with Crippen molar-refractivity contribution in [3.63, 3.8) is 0 Å². The molecular formula is C22H28ClFN8O4. The number of aliphatic hydroxyl groups is 2. The lowest BCUT2D eigenvalue weighted by atomic mass is 10.1. The number of rotatable bonds is 9. The average molecular weight is 523 g/mol. The molecule has 1 fully saturated rings. The number of benzene rings is 1. The summed E-state index contributed by atoms with van der Waals surface area (Å²) in [5.74, 6) is -0.335. The second-order valence-electron chi connectivity index (χ2n) is 8.58. The van der Waals surface area contributed by atoms with Gasteiger partial charge in [-0.25, -0.2) is 24.1 Å². The van der Waals surface area contributed by atoms with Crippen LogP contribution < -0.4 is 16.4 Å². The Morgan fingerprint density at radius 1 is 1.28 bits per heavy atom. The fourth-order valence-corrected chi connectivity index (χ4v) is 4.19. The van der Waals surface area contributed by atoms with Crippen LogP contribution in [0.15, 0.2) is 30.9 Å². The largest absolute Gasteiger partial charge is 0.388 e. The van der Waals surface area contributed by atoms with Gasteiger partial charge in [-0.05, 0) is 44.6 Å². The van der Waals surface area contributed by atoms with Crippen LogP contribution >= 0.6 is 11.6 Å². The van der Waals surface area contributed by atoms with E-state index in [9.17, 15) is 19.4 Å². The number of ether oxygens (including phenoxy) is 1. The first kappa shape index (κ1) is 26.0. The second-order valence-corrected chi connectivity index (χ2v) is 8.99. The number of fused-ring (bicyclic) bond motifs is 1. The molecular weight excluding hydrogens is 495 g/mol. The summed E-state index contributed by atoms with van der Waals surface area (Å²) in [6.45, 7) is 1.70. The number of nitrogens with two attached hydrogens (primary N) is 1. The van der Waals surface area contributed by atoms with E-state index in [-0.39, 0.29) is 10.8 Å². The first-order valence-corrected chi connectivity index (χ1v) is 11.8. The molecule has 1 aliphatic heterocycles. The number of imidazole rings is 1. The maximum Gasteiger partial charge on any atom is 0.319 e. The molecule has 3 heterocycles. The lowest BCUT2D eigenvalue weighted by molar-refractivity contribution is -0.0386. The number of amides is 2. The first-order valence-electron chi connectivity index (χ1n) is 11.4. The van der Waals surface area contributed by atoms with Crippen LogP contribution in [0, 0.1) is 5.82 Å². The molecule has 0 radical (unpaired) electrons. The summed E-state index contributed by atoms with van der Waals surface area (Å²) in [4.78, 5) is 26.3. The van der Waals surface area contributed by atoms with E-state index in [1.54, 1.807) is 4.57 Å². The minimum atomic E-state index is -1.16. The molecule has 1 aromatic carbocycles. The van der Waals surface area contributed by atoms with Crippen molar-refractivity contribution >= 4 is 40.3 Å². The summed E-state index contributed by atoms with van der Waals surface area (Å²) >= 11 is 5.71. The van der Waals surface area contributed by atoms with Crippen LogP contribution in [0.4, 0.5) is 20.7 Å².